The van der Waals surface area contributed by atoms with Crippen molar-refractivity contribution in [2.75, 3.05) is 13.1 Å². The van der Waals surface area contributed by atoms with Crippen LogP contribution in [0.5, 0.6) is 0 Å². The molecule has 2 heterocycles. The average molecular weight is 272 g/mol. The maximum atomic E-state index is 6.15. The molecule has 0 fully saturated rings. The van der Waals surface area contributed by atoms with Gasteiger partial charge in [0, 0.05) is 13.0 Å². The van der Waals surface area contributed by atoms with Crippen molar-refractivity contribution in [3.63, 3.8) is 0 Å². The van der Waals surface area contributed by atoms with Gasteiger partial charge >= 0.3 is 0 Å². The van der Waals surface area contributed by atoms with Crippen molar-refractivity contribution in [2.24, 2.45) is 0 Å². The Bertz CT molecular complexity index is 495. The fraction of sp³-hybridized carbons (Fsp3) is 0.455. The zero-order valence-corrected chi connectivity index (χ0v) is 11.4. The van der Waals surface area contributed by atoms with Gasteiger partial charge in [0.25, 0.3) is 5.89 Å². The predicted molar refractivity (Wildman–Crippen MR) is 69.6 cm³/mol. The van der Waals surface area contributed by atoms with Gasteiger partial charge in [-0.1, -0.05) is 18.5 Å². The Labute approximate surface area is 109 Å². The van der Waals surface area contributed by atoms with Crippen molar-refractivity contribution < 1.29 is 4.42 Å². The highest BCUT2D eigenvalue weighted by atomic mass is 35.5. The van der Waals surface area contributed by atoms with Gasteiger partial charge in [0.2, 0.25) is 5.89 Å². The van der Waals surface area contributed by atoms with E-state index in [4.69, 9.17) is 16.0 Å². The lowest BCUT2D eigenvalue weighted by atomic mass is 10.3. The van der Waals surface area contributed by atoms with E-state index in [0.29, 0.717) is 16.8 Å². The Morgan fingerprint density at radius 1 is 1.47 bits per heavy atom. The number of likely N-dealkylation sites (N-methyl/N-ethyl adjacent to an activating group) is 1. The van der Waals surface area contributed by atoms with E-state index in [1.165, 1.54) is 11.3 Å². The first-order valence-corrected chi connectivity index (χ1v) is 6.75. The van der Waals surface area contributed by atoms with Crippen LogP contribution in [-0.4, -0.2) is 23.3 Å². The molecular formula is C11H14ClN3OS. The topological polar surface area (TPSA) is 51.0 Å². The van der Waals surface area contributed by atoms with Crippen LogP contribution >= 0.6 is 22.9 Å². The molecule has 2 aromatic rings. The van der Waals surface area contributed by atoms with Gasteiger partial charge in [-0.05, 0) is 24.4 Å². The summed E-state index contributed by atoms with van der Waals surface area (Å²) in [7, 11) is 0. The SMILES string of the molecule is CCNCCc1nnc(-c2scc(C)c2Cl)o1. The molecule has 2 aromatic heterocycles. The van der Waals surface area contributed by atoms with E-state index in [9.17, 15) is 0 Å². The predicted octanol–water partition coefficient (Wildman–Crippen LogP) is 2.91. The quantitative estimate of drug-likeness (QED) is 0.850. The maximum Gasteiger partial charge on any atom is 0.259 e. The summed E-state index contributed by atoms with van der Waals surface area (Å²) < 4.78 is 5.57. The van der Waals surface area contributed by atoms with Crippen LogP contribution in [0.1, 0.15) is 18.4 Å². The Kier molecular flexibility index (Phi) is 4.15. The van der Waals surface area contributed by atoms with Gasteiger partial charge in [0.1, 0.15) is 4.88 Å². The average Bonchev–Trinajstić information content (AvgIpc) is 2.89. The summed E-state index contributed by atoms with van der Waals surface area (Å²) in [6.45, 7) is 5.81. The van der Waals surface area contributed by atoms with Crippen molar-refractivity contribution in [1.29, 1.82) is 0 Å². The number of aryl methyl sites for hydroxylation is 1. The van der Waals surface area contributed by atoms with Crippen LogP contribution in [0.25, 0.3) is 10.8 Å². The van der Waals surface area contributed by atoms with Crippen LogP contribution in [0.15, 0.2) is 9.80 Å². The molecule has 0 atom stereocenters. The van der Waals surface area contributed by atoms with Crippen LogP contribution < -0.4 is 5.32 Å². The minimum absolute atomic E-state index is 0.514. The van der Waals surface area contributed by atoms with Gasteiger partial charge in [-0.2, -0.15) is 0 Å². The Morgan fingerprint density at radius 2 is 2.29 bits per heavy atom. The van der Waals surface area contributed by atoms with E-state index in [-0.39, 0.29) is 0 Å². The Morgan fingerprint density at radius 3 is 2.94 bits per heavy atom. The second-order valence-corrected chi connectivity index (χ2v) is 4.92. The molecule has 0 spiro atoms. The van der Waals surface area contributed by atoms with E-state index >= 15 is 0 Å². The molecule has 6 heteroatoms. The number of hydrogen-bond acceptors (Lipinski definition) is 5. The van der Waals surface area contributed by atoms with Crippen LogP contribution in [-0.2, 0) is 6.42 Å². The van der Waals surface area contributed by atoms with E-state index in [2.05, 4.69) is 22.4 Å². The van der Waals surface area contributed by atoms with Gasteiger partial charge in [0.05, 0.1) is 5.02 Å². The van der Waals surface area contributed by atoms with Crippen LogP contribution in [0.3, 0.4) is 0 Å². The molecule has 0 bridgehead atoms. The fourth-order valence-electron chi connectivity index (χ4n) is 1.39. The molecule has 92 valence electrons. The molecule has 0 unspecified atom stereocenters. The van der Waals surface area contributed by atoms with Gasteiger partial charge in [0.15, 0.2) is 0 Å². The number of rotatable bonds is 5. The zero-order chi connectivity index (χ0) is 12.3. The molecule has 4 nitrogen and oxygen atoms in total. The van der Waals surface area contributed by atoms with Crippen molar-refractivity contribution in [3.8, 4) is 10.8 Å². The molecule has 2 rings (SSSR count). The summed E-state index contributed by atoms with van der Waals surface area (Å²) in [4.78, 5) is 0.853. The third kappa shape index (κ3) is 2.86. The maximum absolute atomic E-state index is 6.15. The lowest BCUT2D eigenvalue weighted by molar-refractivity contribution is 0.497. The monoisotopic (exact) mass is 271 g/mol. The molecule has 0 saturated carbocycles. The standard InChI is InChI=1S/C11H14ClN3OS/c1-3-13-5-4-8-14-15-11(16-8)10-9(12)7(2)6-17-10/h6,13H,3-5H2,1-2H3. The van der Waals surface area contributed by atoms with Gasteiger partial charge < -0.3 is 9.73 Å². The largest absolute Gasteiger partial charge is 0.420 e. The van der Waals surface area contributed by atoms with Gasteiger partial charge in [-0.3, -0.25) is 0 Å². The molecule has 0 aliphatic carbocycles. The summed E-state index contributed by atoms with van der Waals surface area (Å²) in [6, 6.07) is 0. The minimum atomic E-state index is 0.514. The van der Waals surface area contributed by atoms with Crippen molar-refractivity contribution in [2.45, 2.75) is 20.3 Å². The van der Waals surface area contributed by atoms with Gasteiger partial charge in [-0.25, -0.2) is 0 Å². The number of nitrogens with one attached hydrogen (secondary N) is 1. The highest BCUT2D eigenvalue weighted by Crippen LogP contribution is 2.35. The molecule has 0 radical (unpaired) electrons. The van der Waals surface area contributed by atoms with E-state index in [0.717, 1.165) is 30.0 Å². The lowest BCUT2D eigenvalue weighted by Gasteiger charge is -1.96. The number of halogens is 1. The number of nitrogens with zero attached hydrogens (tertiary/aromatic N) is 2. The second-order valence-electron chi connectivity index (χ2n) is 3.67. The molecule has 0 aliphatic rings. The lowest BCUT2D eigenvalue weighted by Crippen LogP contribution is -2.16. The summed E-state index contributed by atoms with van der Waals surface area (Å²) in [5.74, 6) is 1.16. The summed E-state index contributed by atoms with van der Waals surface area (Å²) in [6.07, 6.45) is 0.739. The van der Waals surface area contributed by atoms with Crippen molar-refractivity contribution >= 4 is 22.9 Å². The Hall–Kier alpha value is -0.910. The first-order valence-electron chi connectivity index (χ1n) is 5.49. The normalized spacial score (nSPS) is 11.0. The van der Waals surface area contributed by atoms with Gasteiger partial charge in [-0.15, -0.1) is 21.5 Å². The van der Waals surface area contributed by atoms with Crippen LogP contribution in [0.2, 0.25) is 5.02 Å². The smallest absolute Gasteiger partial charge is 0.259 e. The molecule has 17 heavy (non-hydrogen) atoms. The number of aromatic nitrogens is 2. The first-order chi connectivity index (χ1) is 8.22. The third-order valence-electron chi connectivity index (χ3n) is 2.33. The second kappa shape index (κ2) is 5.62. The fourth-order valence-corrected chi connectivity index (χ4v) is 2.59. The first kappa shape index (κ1) is 12.5. The number of hydrogen-bond donors (Lipinski definition) is 1. The Balaban J connectivity index is 2.10. The molecule has 0 saturated heterocycles. The summed E-state index contributed by atoms with van der Waals surface area (Å²) in [5.41, 5.74) is 1.04. The summed E-state index contributed by atoms with van der Waals surface area (Å²) >= 11 is 7.68. The highest BCUT2D eigenvalue weighted by Gasteiger charge is 2.15. The molecule has 1 N–H and O–H groups in total. The zero-order valence-electron chi connectivity index (χ0n) is 9.79. The van der Waals surface area contributed by atoms with Crippen molar-refractivity contribution in [3.05, 3.63) is 21.9 Å². The summed E-state index contributed by atoms with van der Waals surface area (Å²) in [5, 5.41) is 13.9. The highest BCUT2D eigenvalue weighted by molar-refractivity contribution is 7.14. The van der Waals surface area contributed by atoms with Crippen LogP contribution in [0, 0.1) is 6.92 Å². The van der Waals surface area contributed by atoms with E-state index in [1.54, 1.807) is 0 Å². The molecule has 0 aromatic carbocycles. The number of thiophene rings is 1. The van der Waals surface area contributed by atoms with Crippen molar-refractivity contribution in [1.82, 2.24) is 15.5 Å². The molecule has 0 aliphatic heterocycles. The van der Waals surface area contributed by atoms with E-state index in [1.807, 2.05) is 12.3 Å². The van der Waals surface area contributed by atoms with Crippen LogP contribution in [0.4, 0.5) is 0 Å². The third-order valence-corrected chi connectivity index (χ3v) is 4.01. The molecule has 0 amide bonds. The van der Waals surface area contributed by atoms with E-state index < -0.39 is 0 Å². The molecular weight excluding hydrogens is 258 g/mol. The minimum Gasteiger partial charge on any atom is -0.420 e.